The van der Waals surface area contributed by atoms with Crippen LogP contribution in [-0.4, -0.2) is 28.3 Å². The van der Waals surface area contributed by atoms with Crippen molar-refractivity contribution in [3.05, 3.63) is 81.1 Å². The number of aromatic nitrogens is 2. The van der Waals surface area contributed by atoms with Crippen molar-refractivity contribution in [2.24, 2.45) is 0 Å². The van der Waals surface area contributed by atoms with E-state index in [0.717, 1.165) is 18.4 Å². The highest BCUT2D eigenvalue weighted by Gasteiger charge is 2.35. The maximum atomic E-state index is 13.1. The Morgan fingerprint density at radius 3 is 2.70 bits per heavy atom. The summed E-state index contributed by atoms with van der Waals surface area (Å²) in [5.74, 6) is -1.08. The van der Waals surface area contributed by atoms with Gasteiger partial charge in [-0.25, -0.2) is 0 Å². The molecule has 0 fully saturated rings. The van der Waals surface area contributed by atoms with Crippen LogP contribution >= 0.6 is 0 Å². The van der Waals surface area contributed by atoms with E-state index in [0.29, 0.717) is 24.7 Å². The van der Waals surface area contributed by atoms with E-state index in [9.17, 15) is 14.4 Å². The van der Waals surface area contributed by atoms with Gasteiger partial charge < -0.3 is 15.5 Å². The van der Waals surface area contributed by atoms with Crippen molar-refractivity contribution in [3.63, 3.8) is 0 Å². The van der Waals surface area contributed by atoms with Crippen molar-refractivity contribution in [2.75, 3.05) is 22.1 Å². The Morgan fingerprint density at radius 2 is 1.88 bits per heavy atom. The van der Waals surface area contributed by atoms with Crippen molar-refractivity contribution >= 4 is 29.3 Å². The number of hydrogen-bond acceptors (Lipinski definition) is 5. The van der Waals surface area contributed by atoms with Gasteiger partial charge in [-0.2, -0.15) is 4.98 Å². The topological polar surface area (TPSA) is 107 Å². The summed E-state index contributed by atoms with van der Waals surface area (Å²) in [5.41, 5.74) is 3.93. The molecule has 0 saturated carbocycles. The third-order valence-corrected chi connectivity index (χ3v) is 6.34. The predicted octanol–water partition coefficient (Wildman–Crippen LogP) is 2.96. The fourth-order valence-corrected chi connectivity index (χ4v) is 4.58. The van der Waals surface area contributed by atoms with Gasteiger partial charge in [0.25, 0.3) is 5.56 Å². The van der Waals surface area contributed by atoms with Gasteiger partial charge in [-0.15, -0.1) is 0 Å². The van der Waals surface area contributed by atoms with E-state index in [4.69, 9.17) is 0 Å². The predicted molar refractivity (Wildman–Crippen MR) is 126 cm³/mol. The number of para-hydroxylation sites is 1. The van der Waals surface area contributed by atoms with Crippen LogP contribution in [0.25, 0.3) is 0 Å². The summed E-state index contributed by atoms with van der Waals surface area (Å²) in [6.45, 7) is 3.32. The highest BCUT2D eigenvalue weighted by atomic mass is 16.2. The number of nitrogens with one attached hydrogen (secondary N) is 3. The molecule has 2 aromatic carbocycles. The lowest BCUT2D eigenvalue weighted by Gasteiger charge is -2.30. The zero-order valence-electron chi connectivity index (χ0n) is 18.4. The maximum Gasteiger partial charge on any atom is 0.258 e. The Morgan fingerprint density at radius 1 is 1.12 bits per heavy atom. The molecule has 3 heterocycles. The number of fused-ring (bicyclic) bond motifs is 2. The molecule has 1 atom stereocenters. The van der Waals surface area contributed by atoms with Crippen LogP contribution in [-0.2, 0) is 29.0 Å². The van der Waals surface area contributed by atoms with Crippen LogP contribution < -0.4 is 21.1 Å². The lowest BCUT2D eigenvalue weighted by atomic mass is 9.92. The number of carbonyl (C=O) groups excluding carboxylic acids is 2. The minimum Gasteiger partial charge on any atom is -0.338 e. The third kappa shape index (κ3) is 4.00. The fourth-order valence-electron chi connectivity index (χ4n) is 4.58. The standard InChI is InChI=1S/C25H25N5O3/c1-2-15-7-5-6-10-19(15)26-23(32)18-13-20(31)27-22-21(18)24(33)29-25(28-22)30-12-11-16-8-3-4-9-17(16)14-30/h3-10,18H,2,11-14H2,1H3,(H,26,32)(H2,27,28,29,31,33). The largest absolute Gasteiger partial charge is 0.338 e. The molecular formula is C25H25N5O3. The first-order valence-electron chi connectivity index (χ1n) is 11.2. The molecule has 0 radical (unpaired) electrons. The van der Waals surface area contributed by atoms with Crippen LogP contribution in [0.1, 0.15) is 41.5 Å². The van der Waals surface area contributed by atoms with E-state index in [1.165, 1.54) is 11.1 Å². The van der Waals surface area contributed by atoms with Crippen molar-refractivity contribution in [1.82, 2.24) is 9.97 Å². The number of amides is 2. The van der Waals surface area contributed by atoms with E-state index >= 15 is 0 Å². The molecule has 2 aliphatic heterocycles. The van der Waals surface area contributed by atoms with Crippen LogP contribution in [0.5, 0.6) is 0 Å². The number of rotatable bonds is 4. The normalized spacial score (nSPS) is 17.1. The highest BCUT2D eigenvalue weighted by Crippen LogP contribution is 2.31. The zero-order valence-corrected chi connectivity index (χ0v) is 18.4. The van der Waals surface area contributed by atoms with Crippen molar-refractivity contribution in [1.29, 1.82) is 0 Å². The summed E-state index contributed by atoms with van der Waals surface area (Å²) < 4.78 is 0. The first-order chi connectivity index (χ1) is 16.0. The molecule has 33 heavy (non-hydrogen) atoms. The minimum atomic E-state index is -0.911. The van der Waals surface area contributed by atoms with Crippen LogP contribution in [0.3, 0.4) is 0 Å². The highest BCUT2D eigenvalue weighted by molar-refractivity contribution is 6.04. The van der Waals surface area contributed by atoms with E-state index in [-0.39, 0.29) is 29.6 Å². The quantitative estimate of drug-likeness (QED) is 0.575. The second-order valence-corrected chi connectivity index (χ2v) is 8.40. The molecule has 1 unspecified atom stereocenters. The number of H-pyrrole nitrogens is 1. The van der Waals surface area contributed by atoms with Crippen LogP contribution in [0, 0.1) is 0 Å². The molecule has 0 spiro atoms. The lowest BCUT2D eigenvalue weighted by Crippen LogP contribution is -2.39. The van der Waals surface area contributed by atoms with Gasteiger partial charge in [0.15, 0.2) is 0 Å². The van der Waals surface area contributed by atoms with Gasteiger partial charge >= 0.3 is 0 Å². The number of hydrogen-bond donors (Lipinski definition) is 3. The Kier molecular flexibility index (Phi) is 5.42. The van der Waals surface area contributed by atoms with Crippen LogP contribution in [0.15, 0.2) is 53.3 Å². The molecule has 0 aliphatic carbocycles. The molecule has 8 nitrogen and oxygen atoms in total. The van der Waals surface area contributed by atoms with E-state index in [2.05, 4.69) is 32.7 Å². The monoisotopic (exact) mass is 443 g/mol. The molecule has 3 N–H and O–H groups in total. The van der Waals surface area contributed by atoms with Gasteiger partial charge in [-0.05, 0) is 35.6 Å². The Hall–Kier alpha value is -3.94. The number of aryl methyl sites for hydroxylation is 1. The maximum absolute atomic E-state index is 13.1. The summed E-state index contributed by atoms with van der Waals surface area (Å²) in [7, 11) is 0. The van der Waals surface area contributed by atoms with Crippen LogP contribution in [0.4, 0.5) is 17.5 Å². The van der Waals surface area contributed by atoms with Crippen molar-refractivity contribution in [2.45, 2.75) is 38.6 Å². The number of carbonyl (C=O) groups is 2. The molecule has 168 valence electrons. The molecule has 1 aromatic heterocycles. The summed E-state index contributed by atoms with van der Waals surface area (Å²) in [6, 6.07) is 15.7. The van der Waals surface area contributed by atoms with E-state index < -0.39 is 11.5 Å². The first-order valence-corrected chi connectivity index (χ1v) is 11.2. The fraction of sp³-hybridized carbons (Fsp3) is 0.280. The number of nitrogens with zero attached hydrogens (tertiary/aromatic N) is 2. The first kappa shape index (κ1) is 20.9. The summed E-state index contributed by atoms with van der Waals surface area (Å²) in [5, 5.41) is 5.59. The molecule has 0 saturated heterocycles. The lowest BCUT2D eigenvalue weighted by molar-refractivity contribution is -0.123. The molecule has 8 heteroatoms. The minimum absolute atomic E-state index is 0.103. The molecule has 0 bridgehead atoms. The third-order valence-electron chi connectivity index (χ3n) is 6.34. The molecule has 5 rings (SSSR count). The molecular weight excluding hydrogens is 418 g/mol. The summed E-state index contributed by atoms with van der Waals surface area (Å²) in [6.07, 6.45) is 1.49. The van der Waals surface area contributed by atoms with Crippen molar-refractivity contribution < 1.29 is 9.59 Å². The molecule has 2 aliphatic rings. The van der Waals surface area contributed by atoms with Gasteiger partial charge in [0.1, 0.15) is 5.82 Å². The Balaban J connectivity index is 1.45. The second kappa shape index (κ2) is 8.54. The van der Waals surface area contributed by atoms with E-state index in [1.807, 2.05) is 48.2 Å². The molecule has 2 amide bonds. The number of benzene rings is 2. The van der Waals surface area contributed by atoms with Crippen LogP contribution in [0.2, 0.25) is 0 Å². The van der Waals surface area contributed by atoms with E-state index in [1.54, 1.807) is 0 Å². The van der Waals surface area contributed by atoms with Gasteiger partial charge in [0.2, 0.25) is 17.8 Å². The Bertz CT molecular complexity index is 1300. The smallest absolute Gasteiger partial charge is 0.258 e. The number of anilines is 3. The average Bonchev–Trinajstić information content (AvgIpc) is 2.83. The van der Waals surface area contributed by atoms with Gasteiger partial charge in [-0.3, -0.25) is 19.4 Å². The van der Waals surface area contributed by atoms with Crippen molar-refractivity contribution in [3.8, 4) is 0 Å². The molecule has 3 aromatic rings. The number of aromatic amines is 1. The second-order valence-electron chi connectivity index (χ2n) is 8.40. The van der Waals surface area contributed by atoms with Gasteiger partial charge in [-0.1, -0.05) is 49.4 Å². The summed E-state index contributed by atoms with van der Waals surface area (Å²) >= 11 is 0. The van der Waals surface area contributed by atoms with Gasteiger partial charge in [0.05, 0.1) is 11.5 Å². The zero-order chi connectivity index (χ0) is 22.9. The summed E-state index contributed by atoms with van der Waals surface area (Å²) in [4.78, 5) is 48.1. The average molecular weight is 444 g/mol. The van der Waals surface area contributed by atoms with Gasteiger partial charge in [0, 0.05) is 25.2 Å². The Labute approximate surface area is 191 Å². The SMILES string of the molecule is CCc1ccccc1NC(=O)C1CC(=O)Nc2nc(N3CCc4ccccc4C3)[nH]c(=O)c21.